The number of carbonyl (C=O) groups excluding carboxylic acids is 2. The van der Waals surface area contributed by atoms with Crippen LogP contribution in [0.5, 0.6) is 0 Å². The summed E-state index contributed by atoms with van der Waals surface area (Å²) in [7, 11) is 0. The fourth-order valence-electron chi connectivity index (χ4n) is 2.33. The summed E-state index contributed by atoms with van der Waals surface area (Å²) in [4.78, 5) is 27.4. The van der Waals surface area contributed by atoms with Crippen molar-refractivity contribution >= 4 is 34.2 Å². The molecule has 0 saturated carbocycles. The van der Waals surface area contributed by atoms with Gasteiger partial charge in [-0.05, 0) is 36.4 Å². The molecule has 0 spiro atoms. The number of anilines is 2. The van der Waals surface area contributed by atoms with Crippen LogP contribution in [-0.4, -0.2) is 21.4 Å². The van der Waals surface area contributed by atoms with Crippen LogP contribution in [0, 0.1) is 0 Å². The highest BCUT2D eigenvalue weighted by atomic mass is 16.2. The van der Waals surface area contributed by atoms with E-state index >= 15 is 0 Å². The monoisotopic (exact) mass is 308 g/mol. The lowest BCUT2D eigenvalue weighted by Gasteiger charge is -2.08. The fraction of sp³-hybridized carbons (Fsp3) is 0.118. The van der Waals surface area contributed by atoms with Gasteiger partial charge in [0.25, 0.3) is 0 Å². The second-order valence-electron chi connectivity index (χ2n) is 5.17. The Labute approximate surface area is 133 Å². The van der Waals surface area contributed by atoms with Crippen molar-refractivity contribution in [3.8, 4) is 0 Å². The average molecular weight is 308 g/mol. The number of aromatic nitrogens is 2. The van der Waals surface area contributed by atoms with Crippen molar-refractivity contribution in [1.29, 1.82) is 0 Å². The summed E-state index contributed by atoms with van der Waals surface area (Å²) in [5.74, 6) is -0.269. The number of fused-ring (bicyclic) bond motifs is 1. The van der Waals surface area contributed by atoms with E-state index in [0.717, 1.165) is 11.0 Å². The number of amides is 2. The topological polar surface area (TPSA) is 76.0 Å². The molecule has 2 aromatic carbocycles. The first-order chi connectivity index (χ1) is 11.1. The van der Waals surface area contributed by atoms with E-state index in [1.165, 1.54) is 6.92 Å². The van der Waals surface area contributed by atoms with Gasteiger partial charge in [-0.15, -0.1) is 0 Å². The van der Waals surface area contributed by atoms with E-state index in [1.54, 1.807) is 35.2 Å². The molecule has 0 aliphatic heterocycles. The van der Waals surface area contributed by atoms with Crippen LogP contribution in [0.2, 0.25) is 0 Å². The van der Waals surface area contributed by atoms with Crippen molar-refractivity contribution in [2.24, 2.45) is 0 Å². The number of nitrogens with zero attached hydrogens (tertiary/aromatic N) is 2. The van der Waals surface area contributed by atoms with Gasteiger partial charge in [0.15, 0.2) is 0 Å². The highest BCUT2D eigenvalue weighted by Crippen LogP contribution is 2.15. The summed E-state index contributed by atoms with van der Waals surface area (Å²) < 4.78 is 1.80. The number of para-hydroxylation sites is 2. The zero-order chi connectivity index (χ0) is 16.2. The maximum Gasteiger partial charge on any atom is 0.244 e. The third kappa shape index (κ3) is 3.55. The van der Waals surface area contributed by atoms with Gasteiger partial charge >= 0.3 is 0 Å². The van der Waals surface area contributed by atoms with Gasteiger partial charge in [-0.2, -0.15) is 0 Å². The van der Waals surface area contributed by atoms with E-state index in [1.807, 2.05) is 24.3 Å². The van der Waals surface area contributed by atoms with E-state index in [4.69, 9.17) is 0 Å². The van der Waals surface area contributed by atoms with Gasteiger partial charge in [-0.25, -0.2) is 4.98 Å². The molecule has 0 aliphatic carbocycles. The molecule has 116 valence electrons. The van der Waals surface area contributed by atoms with Gasteiger partial charge < -0.3 is 15.2 Å². The summed E-state index contributed by atoms with van der Waals surface area (Å²) in [6.07, 6.45) is 1.66. The molecular formula is C17H16N4O2. The van der Waals surface area contributed by atoms with Crippen LogP contribution in [0.4, 0.5) is 11.4 Å². The molecule has 0 unspecified atom stereocenters. The molecule has 0 aliphatic rings. The molecule has 0 saturated heterocycles. The van der Waals surface area contributed by atoms with Crippen LogP contribution < -0.4 is 10.6 Å². The molecule has 0 fully saturated rings. The number of rotatable bonds is 4. The Morgan fingerprint density at radius 2 is 1.65 bits per heavy atom. The minimum Gasteiger partial charge on any atom is -0.326 e. The van der Waals surface area contributed by atoms with Gasteiger partial charge in [0.05, 0.1) is 17.4 Å². The summed E-state index contributed by atoms with van der Waals surface area (Å²) in [6, 6.07) is 14.6. The van der Waals surface area contributed by atoms with Gasteiger partial charge in [-0.3, -0.25) is 9.59 Å². The predicted octanol–water partition coefficient (Wildman–Crippen LogP) is 2.63. The molecule has 23 heavy (non-hydrogen) atoms. The van der Waals surface area contributed by atoms with Crippen molar-refractivity contribution in [3.05, 3.63) is 54.9 Å². The Kier molecular flexibility index (Phi) is 4.05. The highest BCUT2D eigenvalue weighted by Gasteiger charge is 2.07. The van der Waals surface area contributed by atoms with Gasteiger partial charge in [0, 0.05) is 18.3 Å². The Balaban J connectivity index is 1.66. The zero-order valence-electron chi connectivity index (χ0n) is 12.6. The number of hydrogen-bond donors (Lipinski definition) is 2. The maximum absolute atomic E-state index is 12.2. The Morgan fingerprint density at radius 1 is 1.00 bits per heavy atom. The van der Waals surface area contributed by atoms with Gasteiger partial charge in [0.1, 0.15) is 6.54 Å². The third-order valence-electron chi connectivity index (χ3n) is 3.33. The molecule has 0 radical (unpaired) electrons. The Morgan fingerprint density at radius 3 is 2.35 bits per heavy atom. The average Bonchev–Trinajstić information content (AvgIpc) is 2.92. The molecule has 3 aromatic rings. The minimum absolute atomic E-state index is 0.131. The second-order valence-corrected chi connectivity index (χ2v) is 5.17. The van der Waals surface area contributed by atoms with E-state index in [2.05, 4.69) is 15.6 Å². The Hall–Kier alpha value is -3.15. The van der Waals surface area contributed by atoms with Gasteiger partial charge in [-0.1, -0.05) is 12.1 Å². The van der Waals surface area contributed by atoms with E-state index in [0.29, 0.717) is 11.4 Å². The van der Waals surface area contributed by atoms with Crippen LogP contribution >= 0.6 is 0 Å². The first kappa shape index (κ1) is 14.8. The van der Waals surface area contributed by atoms with Crippen molar-refractivity contribution in [1.82, 2.24) is 9.55 Å². The molecular weight excluding hydrogens is 292 g/mol. The fourth-order valence-corrected chi connectivity index (χ4v) is 2.33. The molecule has 1 heterocycles. The van der Waals surface area contributed by atoms with Crippen molar-refractivity contribution in [2.75, 3.05) is 10.6 Å². The summed E-state index contributed by atoms with van der Waals surface area (Å²) >= 11 is 0. The largest absolute Gasteiger partial charge is 0.326 e. The lowest BCUT2D eigenvalue weighted by molar-refractivity contribution is -0.116. The molecule has 0 atom stereocenters. The first-order valence-corrected chi connectivity index (χ1v) is 7.19. The molecule has 3 rings (SSSR count). The lowest BCUT2D eigenvalue weighted by atomic mass is 10.2. The van der Waals surface area contributed by atoms with E-state index in [-0.39, 0.29) is 18.4 Å². The normalized spacial score (nSPS) is 10.5. The molecule has 1 aromatic heterocycles. The van der Waals surface area contributed by atoms with Crippen LogP contribution in [0.1, 0.15) is 6.92 Å². The van der Waals surface area contributed by atoms with Crippen molar-refractivity contribution < 1.29 is 9.59 Å². The van der Waals surface area contributed by atoms with E-state index in [9.17, 15) is 9.59 Å². The first-order valence-electron chi connectivity index (χ1n) is 7.19. The molecule has 2 N–H and O–H groups in total. The number of benzene rings is 2. The summed E-state index contributed by atoms with van der Waals surface area (Å²) in [5, 5.41) is 5.50. The number of carbonyl (C=O) groups is 2. The highest BCUT2D eigenvalue weighted by molar-refractivity contribution is 5.92. The lowest BCUT2D eigenvalue weighted by Crippen LogP contribution is -2.18. The van der Waals surface area contributed by atoms with Crippen LogP contribution in [-0.2, 0) is 16.1 Å². The van der Waals surface area contributed by atoms with E-state index < -0.39 is 0 Å². The molecule has 0 bridgehead atoms. The van der Waals surface area contributed by atoms with Crippen LogP contribution in [0.3, 0.4) is 0 Å². The van der Waals surface area contributed by atoms with Crippen molar-refractivity contribution in [3.63, 3.8) is 0 Å². The van der Waals surface area contributed by atoms with Crippen LogP contribution in [0.15, 0.2) is 54.9 Å². The maximum atomic E-state index is 12.2. The zero-order valence-corrected chi connectivity index (χ0v) is 12.6. The predicted molar refractivity (Wildman–Crippen MR) is 89.1 cm³/mol. The molecule has 6 nitrogen and oxygen atoms in total. The molecule has 6 heteroatoms. The SMILES string of the molecule is CC(=O)Nc1ccc(NC(=O)Cn2cnc3ccccc32)cc1. The van der Waals surface area contributed by atoms with Crippen LogP contribution in [0.25, 0.3) is 11.0 Å². The van der Waals surface area contributed by atoms with Gasteiger partial charge in [0.2, 0.25) is 11.8 Å². The molecule has 2 amide bonds. The summed E-state index contributed by atoms with van der Waals surface area (Å²) in [6.45, 7) is 1.64. The minimum atomic E-state index is -0.138. The quantitative estimate of drug-likeness (QED) is 0.778. The number of nitrogens with one attached hydrogen (secondary N) is 2. The third-order valence-corrected chi connectivity index (χ3v) is 3.33. The second kappa shape index (κ2) is 6.31. The Bertz CT molecular complexity index is 852. The smallest absolute Gasteiger partial charge is 0.244 e. The number of hydrogen-bond acceptors (Lipinski definition) is 3. The number of imidazole rings is 1. The summed E-state index contributed by atoms with van der Waals surface area (Å²) in [5.41, 5.74) is 3.15. The standard InChI is InChI=1S/C17H16N4O2/c1-12(22)19-13-6-8-14(9-7-13)20-17(23)10-21-11-18-15-4-2-3-5-16(15)21/h2-9,11H,10H2,1H3,(H,19,22)(H,20,23). The van der Waals surface area contributed by atoms with Crippen molar-refractivity contribution in [2.45, 2.75) is 13.5 Å².